The fourth-order valence-corrected chi connectivity index (χ4v) is 4.07. The highest BCUT2D eigenvalue weighted by atomic mass is 35.5. The number of thiazole rings is 1. The third kappa shape index (κ3) is 3.77. The predicted molar refractivity (Wildman–Crippen MR) is 106 cm³/mol. The Kier molecular flexibility index (Phi) is 5.94. The van der Waals surface area contributed by atoms with Crippen LogP contribution in [0.4, 0.5) is 0 Å². The van der Waals surface area contributed by atoms with E-state index in [1.807, 2.05) is 31.2 Å². The average Bonchev–Trinajstić information content (AvgIpc) is 3.22. The lowest BCUT2D eigenvalue weighted by Crippen LogP contribution is -2.44. The molecule has 4 rings (SSSR count). The third-order valence-corrected chi connectivity index (χ3v) is 5.74. The monoisotopic (exact) mass is 411 g/mol. The molecule has 1 aliphatic heterocycles. The molecule has 1 aromatic carbocycles. The summed E-state index contributed by atoms with van der Waals surface area (Å²) in [7, 11) is 2.08. The summed E-state index contributed by atoms with van der Waals surface area (Å²) in [6, 6.07) is 7.81. The SMILES string of the molecule is Cc1nc(-c2cccc(Cl)c2)sc1-c1nc(C2CNCCN2C)no1.Cl. The molecule has 2 aromatic heterocycles. The Hall–Kier alpha value is -1.51. The second kappa shape index (κ2) is 8.02. The van der Waals surface area contributed by atoms with Gasteiger partial charge < -0.3 is 9.84 Å². The number of benzene rings is 1. The highest BCUT2D eigenvalue weighted by Crippen LogP contribution is 2.35. The van der Waals surface area contributed by atoms with Crippen molar-refractivity contribution in [1.82, 2.24) is 25.3 Å². The summed E-state index contributed by atoms with van der Waals surface area (Å²) in [6.45, 7) is 4.73. The first kappa shape index (κ1) is 19.3. The van der Waals surface area contributed by atoms with Gasteiger partial charge in [0, 0.05) is 30.2 Å². The molecule has 138 valence electrons. The topological polar surface area (TPSA) is 67.1 Å². The van der Waals surface area contributed by atoms with E-state index < -0.39 is 0 Å². The van der Waals surface area contributed by atoms with E-state index in [-0.39, 0.29) is 18.4 Å². The molecule has 0 spiro atoms. The molecule has 0 saturated carbocycles. The van der Waals surface area contributed by atoms with Gasteiger partial charge in [0.1, 0.15) is 9.88 Å². The van der Waals surface area contributed by atoms with Crippen molar-refractivity contribution in [3.05, 3.63) is 40.8 Å². The quantitative estimate of drug-likeness (QED) is 0.706. The summed E-state index contributed by atoms with van der Waals surface area (Å²) >= 11 is 7.63. The summed E-state index contributed by atoms with van der Waals surface area (Å²) in [6.07, 6.45) is 0. The number of rotatable bonds is 3. The largest absolute Gasteiger partial charge is 0.333 e. The van der Waals surface area contributed by atoms with Gasteiger partial charge >= 0.3 is 0 Å². The number of piperazine rings is 1. The van der Waals surface area contributed by atoms with Gasteiger partial charge in [-0.3, -0.25) is 4.90 Å². The lowest BCUT2D eigenvalue weighted by atomic mass is 10.2. The van der Waals surface area contributed by atoms with Crippen LogP contribution in [-0.2, 0) is 0 Å². The van der Waals surface area contributed by atoms with Crippen molar-refractivity contribution in [2.75, 3.05) is 26.7 Å². The van der Waals surface area contributed by atoms with Gasteiger partial charge in [0.2, 0.25) is 0 Å². The van der Waals surface area contributed by atoms with E-state index in [2.05, 4.69) is 32.4 Å². The standard InChI is InChI=1S/C17H18ClN5OS.ClH/c1-10-14(25-17(20-10)11-4-3-5-12(18)8-11)16-21-15(22-24-16)13-9-19-6-7-23(13)2;/h3-5,8,13,19H,6-7,9H2,1-2H3;1H. The third-order valence-electron chi connectivity index (χ3n) is 4.31. The van der Waals surface area contributed by atoms with Gasteiger partial charge in [-0.05, 0) is 26.1 Å². The van der Waals surface area contributed by atoms with Crippen LogP contribution in [0.25, 0.3) is 21.3 Å². The predicted octanol–water partition coefficient (Wildman–Crippen LogP) is 3.82. The van der Waals surface area contributed by atoms with E-state index in [4.69, 9.17) is 16.1 Å². The first-order valence-corrected chi connectivity index (χ1v) is 9.29. The summed E-state index contributed by atoms with van der Waals surface area (Å²) in [5, 5.41) is 9.15. The van der Waals surface area contributed by atoms with Crippen molar-refractivity contribution in [2.45, 2.75) is 13.0 Å². The molecule has 1 unspecified atom stereocenters. The van der Waals surface area contributed by atoms with Crippen molar-refractivity contribution in [2.24, 2.45) is 0 Å². The summed E-state index contributed by atoms with van der Waals surface area (Å²) in [5.41, 5.74) is 1.87. The molecule has 0 amide bonds. The molecule has 3 aromatic rings. The van der Waals surface area contributed by atoms with Crippen LogP contribution in [-0.4, -0.2) is 46.7 Å². The molecule has 1 atom stereocenters. The fourth-order valence-electron chi connectivity index (χ4n) is 2.90. The van der Waals surface area contributed by atoms with Crippen molar-refractivity contribution in [3.63, 3.8) is 0 Å². The Labute approximate surface area is 167 Å². The van der Waals surface area contributed by atoms with E-state index in [1.165, 1.54) is 11.3 Å². The normalized spacial score (nSPS) is 17.9. The zero-order chi connectivity index (χ0) is 17.4. The Morgan fingerprint density at radius 1 is 1.35 bits per heavy atom. The summed E-state index contributed by atoms with van der Waals surface area (Å²) in [4.78, 5) is 12.4. The molecule has 0 aliphatic carbocycles. The van der Waals surface area contributed by atoms with Gasteiger partial charge in [0.25, 0.3) is 5.89 Å². The number of likely N-dealkylation sites (N-methyl/N-ethyl adjacent to an activating group) is 1. The average molecular weight is 412 g/mol. The molecule has 1 fully saturated rings. The highest BCUT2D eigenvalue weighted by molar-refractivity contribution is 7.18. The van der Waals surface area contributed by atoms with Crippen LogP contribution in [0.2, 0.25) is 5.02 Å². The number of halogens is 2. The zero-order valence-corrected chi connectivity index (χ0v) is 16.8. The first-order valence-electron chi connectivity index (χ1n) is 8.10. The Bertz CT molecular complexity index is 897. The molecule has 1 aliphatic rings. The van der Waals surface area contributed by atoms with Gasteiger partial charge in [0.15, 0.2) is 5.82 Å². The second-order valence-electron chi connectivity index (χ2n) is 6.10. The lowest BCUT2D eigenvalue weighted by Gasteiger charge is -2.30. The van der Waals surface area contributed by atoms with Crippen molar-refractivity contribution in [1.29, 1.82) is 0 Å². The van der Waals surface area contributed by atoms with E-state index in [9.17, 15) is 0 Å². The van der Waals surface area contributed by atoms with Gasteiger partial charge in [0.05, 0.1) is 11.7 Å². The van der Waals surface area contributed by atoms with E-state index >= 15 is 0 Å². The van der Waals surface area contributed by atoms with Gasteiger partial charge in [-0.1, -0.05) is 28.9 Å². The molecule has 3 heterocycles. The van der Waals surface area contributed by atoms with Crippen LogP contribution in [0.15, 0.2) is 28.8 Å². The smallest absolute Gasteiger partial charge is 0.269 e. The molecular formula is C17H19Cl2N5OS. The molecule has 9 heteroatoms. The maximum atomic E-state index is 6.09. The Morgan fingerprint density at radius 3 is 2.96 bits per heavy atom. The minimum atomic E-state index is 0. The van der Waals surface area contributed by atoms with Gasteiger partial charge in [-0.2, -0.15) is 4.98 Å². The zero-order valence-electron chi connectivity index (χ0n) is 14.4. The molecule has 1 N–H and O–H groups in total. The molecular weight excluding hydrogens is 393 g/mol. The highest BCUT2D eigenvalue weighted by Gasteiger charge is 2.26. The summed E-state index contributed by atoms with van der Waals surface area (Å²) in [5.74, 6) is 1.24. The van der Waals surface area contributed by atoms with Crippen molar-refractivity contribution >= 4 is 35.3 Å². The number of aryl methyl sites for hydroxylation is 1. The van der Waals surface area contributed by atoms with Crippen LogP contribution in [0.1, 0.15) is 17.6 Å². The molecule has 0 radical (unpaired) electrons. The number of hydrogen-bond donors (Lipinski definition) is 1. The minimum absolute atomic E-state index is 0. The summed E-state index contributed by atoms with van der Waals surface area (Å²) < 4.78 is 5.53. The first-order chi connectivity index (χ1) is 12.1. The molecule has 0 bridgehead atoms. The number of hydrogen-bond acceptors (Lipinski definition) is 7. The fraction of sp³-hybridized carbons (Fsp3) is 0.353. The van der Waals surface area contributed by atoms with Crippen molar-refractivity contribution in [3.8, 4) is 21.3 Å². The maximum absolute atomic E-state index is 6.09. The van der Waals surface area contributed by atoms with Gasteiger partial charge in [-0.25, -0.2) is 4.98 Å². The molecule has 6 nitrogen and oxygen atoms in total. The Morgan fingerprint density at radius 2 is 2.19 bits per heavy atom. The van der Waals surface area contributed by atoms with E-state index in [1.54, 1.807) is 0 Å². The van der Waals surface area contributed by atoms with Gasteiger partial charge in [-0.15, -0.1) is 23.7 Å². The van der Waals surface area contributed by atoms with Crippen LogP contribution in [0, 0.1) is 6.92 Å². The molecule has 26 heavy (non-hydrogen) atoms. The maximum Gasteiger partial charge on any atom is 0.269 e. The second-order valence-corrected chi connectivity index (χ2v) is 7.54. The number of nitrogens with one attached hydrogen (secondary N) is 1. The number of nitrogens with zero attached hydrogens (tertiary/aromatic N) is 4. The van der Waals surface area contributed by atoms with Crippen LogP contribution < -0.4 is 5.32 Å². The van der Waals surface area contributed by atoms with Crippen molar-refractivity contribution < 1.29 is 4.52 Å². The van der Waals surface area contributed by atoms with Crippen LogP contribution in [0.3, 0.4) is 0 Å². The van der Waals surface area contributed by atoms with Crippen LogP contribution in [0.5, 0.6) is 0 Å². The number of aromatic nitrogens is 3. The van der Waals surface area contributed by atoms with E-state index in [0.29, 0.717) is 16.7 Å². The molecule has 1 saturated heterocycles. The minimum Gasteiger partial charge on any atom is -0.333 e. The Balaban J connectivity index is 0.00000196. The lowest BCUT2D eigenvalue weighted by molar-refractivity contribution is 0.190. The van der Waals surface area contributed by atoms with E-state index in [0.717, 1.165) is 40.8 Å². The van der Waals surface area contributed by atoms with Crippen LogP contribution >= 0.6 is 35.3 Å².